The van der Waals surface area contributed by atoms with Crippen molar-refractivity contribution in [2.24, 2.45) is 7.05 Å². The fourth-order valence-electron chi connectivity index (χ4n) is 3.21. The summed E-state index contributed by atoms with van der Waals surface area (Å²) in [6.07, 6.45) is 4.10. The third-order valence-corrected chi connectivity index (χ3v) is 5.37. The van der Waals surface area contributed by atoms with Crippen LogP contribution in [-0.2, 0) is 22.6 Å². The number of halogens is 1. The molecule has 0 aliphatic carbocycles. The van der Waals surface area contributed by atoms with Crippen molar-refractivity contribution < 1.29 is 17.5 Å². The second kappa shape index (κ2) is 7.92. The van der Waals surface area contributed by atoms with E-state index in [4.69, 9.17) is 4.74 Å². The van der Waals surface area contributed by atoms with Crippen molar-refractivity contribution in [3.63, 3.8) is 0 Å². The largest absolute Gasteiger partial charge is 0.453 e. The lowest BCUT2D eigenvalue weighted by Crippen LogP contribution is -2.17. The van der Waals surface area contributed by atoms with Gasteiger partial charge in [0.05, 0.1) is 6.20 Å². The fourth-order valence-corrected chi connectivity index (χ4v) is 3.82. The van der Waals surface area contributed by atoms with Gasteiger partial charge in [0.2, 0.25) is 0 Å². The van der Waals surface area contributed by atoms with Gasteiger partial charge in [-0.05, 0) is 35.7 Å². The molecule has 9 heteroatoms. The standard InChI is InChI=1S/C22H18FN3O4S/c1-26-12-18(16-5-3-4-6-17(16)22(26)27)21-19(30-15-9-7-14(23)8-10-15)11-24-20(25-21)13-31(2,28)29/h3-12H,13H2,1-2H3. The summed E-state index contributed by atoms with van der Waals surface area (Å²) in [6, 6.07) is 12.5. The molecule has 0 radical (unpaired) electrons. The maximum Gasteiger partial charge on any atom is 0.258 e. The second-order valence-electron chi connectivity index (χ2n) is 7.13. The van der Waals surface area contributed by atoms with Crippen molar-refractivity contribution in [3.05, 3.63) is 82.9 Å². The lowest BCUT2D eigenvalue weighted by atomic mass is 10.0. The van der Waals surface area contributed by atoms with E-state index >= 15 is 0 Å². The molecule has 0 unspecified atom stereocenters. The van der Waals surface area contributed by atoms with E-state index < -0.39 is 15.7 Å². The van der Waals surface area contributed by atoms with Crippen LogP contribution in [-0.4, -0.2) is 29.2 Å². The number of benzene rings is 2. The first-order chi connectivity index (χ1) is 14.7. The van der Waals surface area contributed by atoms with Gasteiger partial charge >= 0.3 is 0 Å². The zero-order chi connectivity index (χ0) is 22.2. The van der Waals surface area contributed by atoms with E-state index in [9.17, 15) is 17.6 Å². The van der Waals surface area contributed by atoms with Crippen LogP contribution in [0.25, 0.3) is 22.0 Å². The maximum atomic E-state index is 13.3. The number of ether oxygens (including phenoxy) is 1. The van der Waals surface area contributed by atoms with E-state index in [2.05, 4.69) is 9.97 Å². The van der Waals surface area contributed by atoms with Gasteiger partial charge in [0.15, 0.2) is 15.6 Å². The third-order valence-electron chi connectivity index (χ3n) is 4.58. The Morgan fingerprint density at radius 3 is 2.42 bits per heavy atom. The van der Waals surface area contributed by atoms with Gasteiger partial charge in [0.1, 0.15) is 28.8 Å². The van der Waals surface area contributed by atoms with Crippen LogP contribution in [0.4, 0.5) is 4.39 Å². The highest BCUT2D eigenvalue weighted by molar-refractivity contribution is 7.89. The molecule has 0 aliphatic heterocycles. The number of aromatic nitrogens is 3. The Kier molecular flexibility index (Phi) is 5.28. The normalized spacial score (nSPS) is 11.6. The number of nitrogens with zero attached hydrogens (tertiary/aromatic N) is 3. The van der Waals surface area contributed by atoms with Crippen molar-refractivity contribution in [3.8, 4) is 22.8 Å². The molecule has 7 nitrogen and oxygen atoms in total. The Morgan fingerprint density at radius 1 is 1.06 bits per heavy atom. The molecule has 4 aromatic rings. The Labute approximate surface area is 177 Å². The number of fused-ring (bicyclic) bond motifs is 1. The minimum atomic E-state index is -3.37. The van der Waals surface area contributed by atoms with E-state index in [1.807, 2.05) is 0 Å². The summed E-state index contributed by atoms with van der Waals surface area (Å²) in [5.74, 6) is -0.0530. The minimum Gasteiger partial charge on any atom is -0.453 e. The molecule has 0 bridgehead atoms. The summed E-state index contributed by atoms with van der Waals surface area (Å²) in [4.78, 5) is 21.1. The molecule has 2 aromatic heterocycles. The average molecular weight is 439 g/mol. The highest BCUT2D eigenvalue weighted by Crippen LogP contribution is 2.34. The van der Waals surface area contributed by atoms with Crippen molar-refractivity contribution in [2.75, 3.05) is 6.26 Å². The summed E-state index contributed by atoms with van der Waals surface area (Å²) in [5, 5.41) is 1.12. The van der Waals surface area contributed by atoms with Crippen molar-refractivity contribution in [1.29, 1.82) is 0 Å². The van der Waals surface area contributed by atoms with Crippen LogP contribution in [0.3, 0.4) is 0 Å². The lowest BCUT2D eigenvalue weighted by Gasteiger charge is -2.14. The highest BCUT2D eigenvalue weighted by atomic mass is 32.2. The molecule has 0 N–H and O–H groups in total. The van der Waals surface area contributed by atoms with Crippen LogP contribution in [0.1, 0.15) is 5.82 Å². The summed E-state index contributed by atoms with van der Waals surface area (Å²) in [6.45, 7) is 0. The smallest absolute Gasteiger partial charge is 0.258 e. The van der Waals surface area contributed by atoms with Gasteiger partial charge in [-0.25, -0.2) is 22.8 Å². The third kappa shape index (κ3) is 4.46. The summed E-state index contributed by atoms with van der Waals surface area (Å²) in [7, 11) is -1.75. The molecular weight excluding hydrogens is 421 g/mol. The van der Waals surface area contributed by atoms with Gasteiger partial charge < -0.3 is 9.30 Å². The molecule has 0 fully saturated rings. The lowest BCUT2D eigenvalue weighted by molar-refractivity contribution is 0.477. The second-order valence-corrected chi connectivity index (χ2v) is 9.27. The summed E-state index contributed by atoms with van der Waals surface area (Å²) in [5.41, 5.74) is 0.725. The molecule has 158 valence electrons. The van der Waals surface area contributed by atoms with Gasteiger partial charge in [-0.3, -0.25) is 4.79 Å². The maximum absolute atomic E-state index is 13.3. The van der Waals surface area contributed by atoms with Gasteiger partial charge in [0.25, 0.3) is 5.56 Å². The quantitative estimate of drug-likeness (QED) is 0.473. The van der Waals surface area contributed by atoms with E-state index in [-0.39, 0.29) is 22.9 Å². The van der Waals surface area contributed by atoms with E-state index in [0.29, 0.717) is 27.8 Å². The molecule has 31 heavy (non-hydrogen) atoms. The molecule has 0 saturated heterocycles. The number of hydrogen-bond acceptors (Lipinski definition) is 6. The monoisotopic (exact) mass is 439 g/mol. The molecule has 0 saturated carbocycles. The first-order valence-corrected chi connectivity index (χ1v) is 11.3. The highest BCUT2D eigenvalue weighted by Gasteiger charge is 2.18. The molecule has 0 atom stereocenters. The Morgan fingerprint density at radius 2 is 1.74 bits per heavy atom. The Balaban J connectivity index is 1.95. The number of pyridine rings is 1. The van der Waals surface area contributed by atoms with E-state index in [0.717, 1.165) is 6.26 Å². The predicted octanol–water partition coefficient (Wildman–Crippen LogP) is 3.47. The number of rotatable bonds is 5. The van der Waals surface area contributed by atoms with Crippen LogP contribution < -0.4 is 10.3 Å². The van der Waals surface area contributed by atoms with Gasteiger partial charge in [-0.1, -0.05) is 18.2 Å². The molecule has 0 aliphatic rings. The SMILES string of the molecule is Cn1cc(-c2nc(CS(C)(=O)=O)ncc2Oc2ccc(F)cc2)c2ccccc2c1=O. The first-order valence-electron chi connectivity index (χ1n) is 9.27. The number of hydrogen-bond donors (Lipinski definition) is 0. The Hall–Kier alpha value is -3.59. The Bertz CT molecular complexity index is 1450. The minimum absolute atomic E-state index is 0.0990. The molecule has 0 spiro atoms. The molecule has 2 heterocycles. The fraction of sp³-hybridized carbons (Fsp3) is 0.136. The van der Waals surface area contributed by atoms with Crippen LogP contribution in [0.2, 0.25) is 0 Å². The van der Waals surface area contributed by atoms with Crippen LogP contribution in [0, 0.1) is 5.82 Å². The topological polar surface area (TPSA) is 91.2 Å². The molecule has 4 rings (SSSR count). The zero-order valence-electron chi connectivity index (χ0n) is 16.7. The molecular formula is C22H18FN3O4S. The molecule has 2 aromatic carbocycles. The van der Waals surface area contributed by atoms with Crippen LogP contribution in [0.15, 0.2) is 65.7 Å². The van der Waals surface area contributed by atoms with Crippen LogP contribution in [0.5, 0.6) is 11.5 Å². The van der Waals surface area contributed by atoms with E-state index in [1.165, 1.54) is 35.0 Å². The zero-order valence-corrected chi connectivity index (χ0v) is 17.6. The summed E-state index contributed by atoms with van der Waals surface area (Å²) >= 11 is 0. The van der Waals surface area contributed by atoms with Gasteiger partial charge in [0, 0.05) is 30.4 Å². The van der Waals surface area contributed by atoms with Crippen molar-refractivity contribution >= 4 is 20.6 Å². The van der Waals surface area contributed by atoms with Gasteiger partial charge in [-0.15, -0.1) is 0 Å². The molecule has 0 amide bonds. The van der Waals surface area contributed by atoms with Gasteiger partial charge in [-0.2, -0.15) is 0 Å². The van der Waals surface area contributed by atoms with Crippen molar-refractivity contribution in [2.45, 2.75) is 5.75 Å². The number of sulfone groups is 1. The summed E-state index contributed by atoms with van der Waals surface area (Å²) < 4.78 is 44.1. The van der Waals surface area contributed by atoms with Crippen LogP contribution >= 0.6 is 0 Å². The first kappa shape index (κ1) is 20.7. The number of aryl methyl sites for hydroxylation is 1. The van der Waals surface area contributed by atoms with E-state index in [1.54, 1.807) is 37.5 Å². The average Bonchev–Trinajstić information content (AvgIpc) is 2.72. The predicted molar refractivity (Wildman–Crippen MR) is 115 cm³/mol. The van der Waals surface area contributed by atoms with Crippen molar-refractivity contribution in [1.82, 2.24) is 14.5 Å².